The molecule has 0 amide bonds. The largest absolute Gasteiger partial charge is 0.497 e. The van der Waals surface area contributed by atoms with Crippen LogP contribution in [0.2, 0.25) is 0 Å². The van der Waals surface area contributed by atoms with E-state index >= 15 is 0 Å². The van der Waals surface area contributed by atoms with E-state index in [0.717, 1.165) is 21.6 Å². The average Bonchev–Trinajstić information content (AvgIpc) is 2.59. The van der Waals surface area contributed by atoms with Crippen molar-refractivity contribution in [1.29, 1.82) is 0 Å². The van der Waals surface area contributed by atoms with Gasteiger partial charge in [-0.3, -0.25) is 0 Å². The van der Waals surface area contributed by atoms with Crippen molar-refractivity contribution in [3.8, 4) is 5.75 Å². The number of rotatable bonds is 2. The second-order valence-corrected chi connectivity index (χ2v) is 4.57. The van der Waals surface area contributed by atoms with Crippen molar-refractivity contribution in [3.05, 3.63) is 23.1 Å². The summed E-state index contributed by atoms with van der Waals surface area (Å²) in [4.78, 5) is 0.989. The molecule has 0 atom stereocenters. The average molecular weight is 245 g/mol. The van der Waals surface area contributed by atoms with Crippen molar-refractivity contribution in [1.82, 2.24) is 0 Å². The molecule has 0 saturated heterocycles. The van der Waals surface area contributed by atoms with Crippen LogP contribution in [0.1, 0.15) is 5.56 Å². The van der Waals surface area contributed by atoms with Crippen LogP contribution < -0.4 is 4.74 Å². The van der Waals surface area contributed by atoms with Gasteiger partial charge in [-0.1, -0.05) is 0 Å². The number of ether oxygens (including phenoxy) is 1. The van der Waals surface area contributed by atoms with E-state index in [4.69, 9.17) is 16.3 Å². The summed E-state index contributed by atoms with van der Waals surface area (Å²) < 4.78 is 6.37. The fraction of sp³-hybridized carbons (Fsp3) is 0.200. The first kappa shape index (κ1) is 10.1. The van der Waals surface area contributed by atoms with Crippen molar-refractivity contribution in [2.45, 2.75) is 10.8 Å². The maximum atomic E-state index is 5.88. The number of halogens is 1. The molecule has 2 rings (SSSR count). The second-order valence-electron chi connectivity index (χ2n) is 2.91. The molecule has 0 unspecified atom stereocenters. The van der Waals surface area contributed by atoms with Gasteiger partial charge in [-0.05, 0) is 17.7 Å². The van der Waals surface area contributed by atoms with E-state index < -0.39 is 0 Å². The predicted molar refractivity (Wildman–Crippen MR) is 65.2 cm³/mol. The Morgan fingerprint density at radius 2 is 2.29 bits per heavy atom. The zero-order valence-corrected chi connectivity index (χ0v) is 10.0. The van der Waals surface area contributed by atoms with Gasteiger partial charge in [0.05, 0.1) is 7.11 Å². The molecule has 0 radical (unpaired) electrons. The Morgan fingerprint density at radius 1 is 1.50 bits per heavy atom. The van der Waals surface area contributed by atoms with Crippen molar-refractivity contribution in [3.63, 3.8) is 0 Å². The highest BCUT2D eigenvalue weighted by Crippen LogP contribution is 2.35. The fourth-order valence-electron chi connectivity index (χ4n) is 1.43. The maximum absolute atomic E-state index is 5.88. The molecule has 0 spiro atoms. The number of methoxy groups -OCH3 is 1. The number of hydrogen-bond acceptors (Lipinski definition) is 3. The summed E-state index contributed by atoms with van der Waals surface area (Å²) in [6, 6.07) is 3.97. The standard InChI is InChI=1S/C10H9ClOS2/c1-12-7-2-6(4-11)10-8(13)5-14-9(10)3-7/h2-3,5,13H,4H2,1H3. The van der Waals surface area contributed by atoms with Crippen LogP contribution in [-0.4, -0.2) is 7.11 Å². The molecular formula is C10H9ClOS2. The van der Waals surface area contributed by atoms with Crippen molar-refractivity contribution in [2.75, 3.05) is 7.11 Å². The van der Waals surface area contributed by atoms with Gasteiger partial charge >= 0.3 is 0 Å². The molecule has 4 heteroatoms. The Morgan fingerprint density at radius 3 is 2.93 bits per heavy atom. The van der Waals surface area contributed by atoms with Crippen LogP contribution in [0.3, 0.4) is 0 Å². The lowest BCUT2D eigenvalue weighted by Crippen LogP contribution is -1.86. The molecule has 74 valence electrons. The summed E-state index contributed by atoms with van der Waals surface area (Å²) >= 11 is 11.9. The van der Waals surface area contributed by atoms with Gasteiger partial charge in [0, 0.05) is 26.2 Å². The Hall–Kier alpha value is -0.380. The maximum Gasteiger partial charge on any atom is 0.120 e. The van der Waals surface area contributed by atoms with Gasteiger partial charge in [0.1, 0.15) is 5.75 Å². The summed E-state index contributed by atoms with van der Waals surface area (Å²) in [6.45, 7) is 0. The molecule has 0 fully saturated rings. The van der Waals surface area contributed by atoms with E-state index in [1.54, 1.807) is 18.4 Å². The lowest BCUT2D eigenvalue weighted by molar-refractivity contribution is 0.415. The fourth-order valence-corrected chi connectivity index (χ4v) is 3.04. The number of hydrogen-bond donors (Lipinski definition) is 1. The van der Waals surface area contributed by atoms with E-state index in [0.29, 0.717) is 5.88 Å². The van der Waals surface area contributed by atoms with E-state index in [1.807, 2.05) is 17.5 Å². The van der Waals surface area contributed by atoms with Gasteiger partial charge in [-0.25, -0.2) is 0 Å². The zero-order valence-electron chi connectivity index (χ0n) is 7.58. The molecule has 0 N–H and O–H groups in total. The van der Waals surface area contributed by atoms with Gasteiger partial charge in [-0.15, -0.1) is 35.6 Å². The third kappa shape index (κ3) is 1.60. The van der Waals surface area contributed by atoms with Crippen LogP contribution in [0.4, 0.5) is 0 Å². The molecule has 1 heterocycles. The Bertz CT molecular complexity index is 464. The van der Waals surface area contributed by atoms with Crippen LogP contribution in [-0.2, 0) is 5.88 Å². The van der Waals surface area contributed by atoms with Crippen LogP contribution >= 0.6 is 35.6 Å². The first-order valence-corrected chi connectivity index (χ1v) is 5.95. The van der Waals surface area contributed by atoms with Gasteiger partial charge in [0.2, 0.25) is 0 Å². The van der Waals surface area contributed by atoms with E-state index in [9.17, 15) is 0 Å². The molecule has 1 nitrogen and oxygen atoms in total. The lowest BCUT2D eigenvalue weighted by atomic mass is 10.1. The van der Waals surface area contributed by atoms with Crippen molar-refractivity contribution in [2.24, 2.45) is 0 Å². The Balaban J connectivity index is 2.76. The van der Waals surface area contributed by atoms with Gasteiger partial charge in [-0.2, -0.15) is 0 Å². The number of benzene rings is 1. The topological polar surface area (TPSA) is 9.23 Å². The SMILES string of the molecule is COc1cc(CCl)c2c(S)csc2c1. The summed E-state index contributed by atoms with van der Waals surface area (Å²) in [5, 5.41) is 3.16. The van der Waals surface area contributed by atoms with E-state index in [1.165, 1.54) is 4.70 Å². The quantitative estimate of drug-likeness (QED) is 0.622. The summed E-state index contributed by atoms with van der Waals surface area (Å²) in [6.07, 6.45) is 0. The van der Waals surface area contributed by atoms with E-state index in [-0.39, 0.29) is 0 Å². The highest BCUT2D eigenvalue weighted by Gasteiger charge is 2.08. The van der Waals surface area contributed by atoms with Crippen LogP contribution in [0.25, 0.3) is 10.1 Å². The molecule has 1 aromatic heterocycles. The molecule has 0 bridgehead atoms. The predicted octanol–water partition coefficient (Wildman–Crippen LogP) is 3.94. The summed E-state index contributed by atoms with van der Waals surface area (Å²) in [5.74, 6) is 1.33. The smallest absolute Gasteiger partial charge is 0.120 e. The third-order valence-electron chi connectivity index (χ3n) is 2.09. The normalized spacial score (nSPS) is 10.8. The molecule has 0 aliphatic rings. The van der Waals surface area contributed by atoms with Gasteiger partial charge in [0.15, 0.2) is 0 Å². The number of thiol groups is 1. The van der Waals surface area contributed by atoms with Crippen LogP contribution in [0.5, 0.6) is 5.75 Å². The Kier molecular flexibility index (Phi) is 2.91. The first-order chi connectivity index (χ1) is 6.76. The first-order valence-electron chi connectivity index (χ1n) is 4.09. The lowest BCUT2D eigenvalue weighted by Gasteiger charge is -2.04. The van der Waals surface area contributed by atoms with Gasteiger partial charge in [0.25, 0.3) is 0 Å². The summed E-state index contributed by atoms with van der Waals surface area (Å²) in [7, 11) is 1.66. The highest BCUT2D eigenvalue weighted by atomic mass is 35.5. The highest BCUT2D eigenvalue weighted by molar-refractivity contribution is 7.80. The number of fused-ring (bicyclic) bond motifs is 1. The molecule has 1 aromatic carbocycles. The summed E-state index contributed by atoms with van der Waals surface area (Å²) in [5.41, 5.74) is 1.08. The minimum Gasteiger partial charge on any atom is -0.497 e. The second kappa shape index (κ2) is 4.01. The van der Waals surface area contributed by atoms with Crippen molar-refractivity contribution >= 4 is 45.7 Å². The van der Waals surface area contributed by atoms with Crippen LogP contribution in [0, 0.1) is 0 Å². The monoisotopic (exact) mass is 244 g/mol. The van der Waals surface area contributed by atoms with E-state index in [2.05, 4.69) is 12.6 Å². The molecule has 2 aromatic rings. The molecule has 0 aliphatic heterocycles. The molecule has 14 heavy (non-hydrogen) atoms. The van der Waals surface area contributed by atoms with Crippen molar-refractivity contribution < 1.29 is 4.74 Å². The zero-order chi connectivity index (χ0) is 10.1. The molecule has 0 aliphatic carbocycles. The molecule has 0 saturated carbocycles. The number of thiophene rings is 1. The Labute approximate surface area is 97.1 Å². The minimum absolute atomic E-state index is 0.484. The third-order valence-corrected chi connectivity index (χ3v) is 3.84. The molecular weight excluding hydrogens is 236 g/mol. The van der Waals surface area contributed by atoms with Crippen LogP contribution in [0.15, 0.2) is 22.4 Å². The minimum atomic E-state index is 0.484. The number of alkyl halides is 1. The van der Waals surface area contributed by atoms with Gasteiger partial charge < -0.3 is 4.74 Å².